The van der Waals surface area contributed by atoms with Crippen LogP contribution < -0.4 is 5.32 Å². The van der Waals surface area contributed by atoms with E-state index in [-0.39, 0.29) is 0 Å². The molecular weight excluding hydrogens is 200 g/mol. The van der Waals surface area contributed by atoms with Gasteiger partial charge in [-0.1, -0.05) is 11.6 Å². The van der Waals surface area contributed by atoms with Crippen molar-refractivity contribution >= 4 is 11.5 Å². The molecule has 0 atom stereocenters. The number of fused-ring (bicyclic) bond motifs is 1. The third kappa shape index (κ3) is 2.21. The second-order valence-corrected chi connectivity index (χ2v) is 4.11. The van der Waals surface area contributed by atoms with Gasteiger partial charge in [-0.2, -0.15) is 9.61 Å². The molecule has 2 aromatic heterocycles. The maximum absolute atomic E-state index is 4.18. The summed E-state index contributed by atoms with van der Waals surface area (Å²) >= 11 is 0. The number of anilines is 1. The van der Waals surface area contributed by atoms with Crippen LogP contribution in [0.3, 0.4) is 0 Å². The van der Waals surface area contributed by atoms with Crippen LogP contribution in [-0.2, 0) is 0 Å². The van der Waals surface area contributed by atoms with E-state index in [9.17, 15) is 0 Å². The van der Waals surface area contributed by atoms with E-state index >= 15 is 0 Å². The Kier molecular flexibility index (Phi) is 2.90. The summed E-state index contributed by atoms with van der Waals surface area (Å²) in [5.74, 6) is 0.977. The third-order valence-corrected chi connectivity index (χ3v) is 2.32. The molecule has 0 bridgehead atoms. The van der Waals surface area contributed by atoms with Gasteiger partial charge in [0.25, 0.3) is 0 Å². The van der Waals surface area contributed by atoms with Gasteiger partial charge in [0, 0.05) is 6.54 Å². The molecule has 4 nitrogen and oxygen atoms in total. The Balaban J connectivity index is 2.28. The van der Waals surface area contributed by atoms with Gasteiger partial charge in [-0.05, 0) is 38.5 Å². The van der Waals surface area contributed by atoms with Gasteiger partial charge in [-0.15, -0.1) is 0 Å². The van der Waals surface area contributed by atoms with Crippen LogP contribution >= 0.6 is 0 Å². The molecule has 0 aliphatic rings. The van der Waals surface area contributed by atoms with Gasteiger partial charge in [0.2, 0.25) is 0 Å². The lowest BCUT2D eigenvalue weighted by atomic mass is 10.3. The van der Waals surface area contributed by atoms with Crippen molar-refractivity contribution in [2.45, 2.75) is 20.8 Å². The summed E-state index contributed by atoms with van der Waals surface area (Å²) in [7, 11) is 0. The van der Waals surface area contributed by atoms with Crippen molar-refractivity contribution in [3.8, 4) is 0 Å². The molecule has 0 fully saturated rings. The highest BCUT2D eigenvalue weighted by molar-refractivity contribution is 5.51. The first-order valence-electron chi connectivity index (χ1n) is 5.34. The standard InChI is InChI=1S/C12H16N4/c1-9(2)4-5-13-11-6-10(3)7-12-14-8-15-16(11)12/h4,6-8,13H,5H2,1-3H3. The van der Waals surface area contributed by atoms with Gasteiger partial charge in [0.15, 0.2) is 5.65 Å². The fourth-order valence-electron chi connectivity index (χ4n) is 1.54. The summed E-state index contributed by atoms with van der Waals surface area (Å²) in [6.07, 6.45) is 3.71. The monoisotopic (exact) mass is 216 g/mol. The smallest absolute Gasteiger partial charge is 0.157 e. The van der Waals surface area contributed by atoms with E-state index in [1.165, 1.54) is 11.1 Å². The summed E-state index contributed by atoms with van der Waals surface area (Å²) < 4.78 is 1.81. The maximum atomic E-state index is 4.18. The zero-order valence-corrected chi connectivity index (χ0v) is 9.86. The van der Waals surface area contributed by atoms with Gasteiger partial charge < -0.3 is 5.32 Å². The Morgan fingerprint density at radius 1 is 1.44 bits per heavy atom. The fraction of sp³-hybridized carbons (Fsp3) is 0.333. The van der Waals surface area contributed by atoms with Crippen LogP contribution in [0.15, 0.2) is 30.1 Å². The van der Waals surface area contributed by atoms with Crippen molar-refractivity contribution in [1.82, 2.24) is 14.6 Å². The molecule has 0 unspecified atom stereocenters. The fourth-order valence-corrected chi connectivity index (χ4v) is 1.54. The van der Waals surface area contributed by atoms with Gasteiger partial charge in [-0.3, -0.25) is 0 Å². The zero-order valence-electron chi connectivity index (χ0n) is 9.86. The van der Waals surface area contributed by atoms with Crippen LogP contribution in [0.1, 0.15) is 19.4 Å². The summed E-state index contributed by atoms with van der Waals surface area (Å²) in [5.41, 5.74) is 3.36. The van der Waals surface area contributed by atoms with E-state index < -0.39 is 0 Å². The number of hydrogen-bond acceptors (Lipinski definition) is 3. The van der Waals surface area contributed by atoms with Crippen molar-refractivity contribution in [2.75, 3.05) is 11.9 Å². The Morgan fingerprint density at radius 3 is 3.00 bits per heavy atom. The molecule has 1 N–H and O–H groups in total. The lowest BCUT2D eigenvalue weighted by Crippen LogP contribution is -2.05. The second kappa shape index (κ2) is 4.35. The SMILES string of the molecule is CC(C)=CCNc1cc(C)cc2ncnn12. The van der Waals surface area contributed by atoms with Gasteiger partial charge in [0.1, 0.15) is 12.1 Å². The average molecular weight is 216 g/mol. The predicted octanol–water partition coefficient (Wildman–Crippen LogP) is 2.42. The quantitative estimate of drug-likeness (QED) is 0.801. The third-order valence-electron chi connectivity index (χ3n) is 2.32. The first-order valence-corrected chi connectivity index (χ1v) is 5.34. The molecule has 0 saturated carbocycles. The van der Waals surface area contributed by atoms with E-state index in [1.807, 2.05) is 10.6 Å². The van der Waals surface area contributed by atoms with Crippen LogP contribution in [0, 0.1) is 6.92 Å². The summed E-state index contributed by atoms with van der Waals surface area (Å²) in [4.78, 5) is 4.18. The van der Waals surface area contributed by atoms with E-state index in [0.29, 0.717) is 0 Å². The van der Waals surface area contributed by atoms with Crippen LogP contribution in [0.5, 0.6) is 0 Å². The van der Waals surface area contributed by atoms with Gasteiger partial charge >= 0.3 is 0 Å². The molecule has 4 heteroatoms. The van der Waals surface area contributed by atoms with E-state index in [4.69, 9.17) is 0 Å². The zero-order chi connectivity index (χ0) is 11.5. The molecule has 0 aromatic carbocycles. The average Bonchev–Trinajstić information content (AvgIpc) is 2.64. The Bertz CT molecular complexity index is 521. The molecule has 0 aliphatic carbocycles. The van der Waals surface area contributed by atoms with Crippen LogP contribution in [0.2, 0.25) is 0 Å². The Hall–Kier alpha value is -1.84. The van der Waals surface area contributed by atoms with Crippen molar-refractivity contribution in [3.63, 3.8) is 0 Å². The van der Waals surface area contributed by atoms with Crippen molar-refractivity contribution < 1.29 is 0 Å². The molecule has 0 spiro atoms. The number of nitrogens with one attached hydrogen (secondary N) is 1. The molecule has 2 heterocycles. The molecule has 2 aromatic rings. The number of pyridine rings is 1. The normalized spacial score (nSPS) is 10.4. The molecule has 2 rings (SSSR count). The highest BCUT2D eigenvalue weighted by Crippen LogP contribution is 2.12. The molecule has 16 heavy (non-hydrogen) atoms. The summed E-state index contributed by atoms with van der Waals surface area (Å²) in [6.45, 7) is 7.04. The first-order chi connectivity index (χ1) is 7.66. The minimum Gasteiger partial charge on any atom is -0.366 e. The molecular formula is C12H16N4. The first kappa shape index (κ1) is 10.7. The minimum absolute atomic E-state index is 0.806. The largest absolute Gasteiger partial charge is 0.366 e. The van der Waals surface area contributed by atoms with Crippen molar-refractivity contribution in [3.05, 3.63) is 35.7 Å². The Labute approximate surface area is 95.0 Å². The minimum atomic E-state index is 0.806. The molecule has 0 radical (unpaired) electrons. The highest BCUT2D eigenvalue weighted by Gasteiger charge is 2.02. The van der Waals surface area contributed by atoms with E-state index in [2.05, 4.69) is 48.3 Å². The van der Waals surface area contributed by atoms with Crippen molar-refractivity contribution in [2.24, 2.45) is 0 Å². The summed E-state index contributed by atoms with van der Waals surface area (Å²) in [5, 5.41) is 7.51. The number of allylic oxidation sites excluding steroid dienone is 1. The number of aryl methyl sites for hydroxylation is 1. The topological polar surface area (TPSA) is 42.2 Å². The van der Waals surface area contributed by atoms with E-state index in [0.717, 1.165) is 18.0 Å². The van der Waals surface area contributed by atoms with Crippen LogP contribution in [0.4, 0.5) is 5.82 Å². The number of rotatable bonds is 3. The lowest BCUT2D eigenvalue weighted by molar-refractivity contribution is 0.954. The van der Waals surface area contributed by atoms with Gasteiger partial charge in [-0.25, -0.2) is 4.98 Å². The Morgan fingerprint density at radius 2 is 2.25 bits per heavy atom. The molecule has 0 amide bonds. The van der Waals surface area contributed by atoms with E-state index in [1.54, 1.807) is 6.33 Å². The second-order valence-electron chi connectivity index (χ2n) is 4.11. The number of nitrogens with zero attached hydrogens (tertiary/aromatic N) is 3. The summed E-state index contributed by atoms with van der Waals surface area (Å²) in [6, 6.07) is 4.08. The molecule has 84 valence electrons. The predicted molar refractivity (Wildman–Crippen MR) is 65.6 cm³/mol. The van der Waals surface area contributed by atoms with Crippen molar-refractivity contribution in [1.29, 1.82) is 0 Å². The lowest BCUT2D eigenvalue weighted by Gasteiger charge is -2.07. The van der Waals surface area contributed by atoms with Crippen LogP contribution in [0.25, 0.3) is 5.65 Å². The molecule has 0 aliphatic heterocycles. The number of hydrogen-bond donors (Lipinski definition) is 1. The van der Waals surface area contributed by atoms with Gasteiger partial charge in [0.05, 0.1) is 0 Å². The highest BCUT2D eigenvalue weighted by atomic mass is 15.3. The van der Waals surface area contributed by atoms with Crippen LogP contribution in [-0.4, -0.2) is 21.1 Å². The molecule has 0 saturated heterocycles. The number of aromatic nitrogens is 3. The maximum Gasteiger partial charge on any atom is 0.157 e.